The monoisotopic (exact) mass is 348 g/mol. The van der Waals surface area contributed by atoms with Crippen LogP contribution in [0, 0.1) is 10.1 Å². The van der Waals surface area contributed by atoms with Gasteiger partial charge in [-0.1, -0.05) is 18.2 Å². The van der Waals surface area contributed by atoms with E-state index in [-0.39, 0.29) is 0 Å². The Bertz CT molecular complexity index is 752. The number of rotatable bonds is 4. The second-order valence-electron chi connectivity index (χ2n) is 4.83. The van der Waals surface area contributed by atoms with E-state index in [0.29, 0.717) is 12.3 Å². The molecular weight excluding hydrogens is 339 g/mol. The first-order chi connectivity index (χ1) is 11.0. The van der Waals surface area contributed by atoms with Crippen LogP contribution < -0.4 is 0 Å². The maximum Gasteiger partial charge on any atom is 0.457 e. The fourth-order valence-corrected chi connectivity index (χ4v) is 2.16. The molecule has 0 aliphatic rings. The van der Waals surface area contributed by atoms with Gasteiger partial charge in [-0.05, 0) is 6.07 Å². The Balaban J connectivity index is 2.78. The number of halogens is 5. The zero-order valence-electron chi connectivity index (χ0n) is 11.7. The van der Waals surface area contributed by atoms with Gasteiger partial charge >= 0.3 is 12.1 Å². The topological polar surface area (TPSA) is 76.3 Å². The minimum Gasteiger partial charge on any atom is -0.374 e. The highest BCUT2D eigenvalue weighted by atomic mass is 19.4. The van der Waals surface area contributed by atoms with Gasteiger partial charge in [-0.3, -0.25) is 15.1 Å². The average molecular weight is 348 g/mol. The molecule has 2 aromatic rings. The molecule has 24 heavy (non-hydrogen) atoms. The van der Waals surface area contributed by atoms with Crippen LogP contribution in [0.1, 0.15) is 11.1 Å². The van der Waals surface area contributed by atoms with Crippen molar-refractivity contribution in [2.45, 2.75) is 17.7 Å². The minimum atomic E-state index is -6.11. The zero-order chi connectivity index (χ0) is 18.2. The van der Waals surface area contributed by atoms with Crippen LogP contribution in [0.4, 0.5) is 27.6 Å². The molecule has 1 heterocycles. The smallest absolute Gasteiger partial charge is 0.374 e. The summed E-state index contributed by atoms with van der Waals surface area (Å²) in [4.78, 5) is 13.2. The number of aromatic nitrogens is 1. The fourth-order valence-electron chi connectivity index (χ4n) is 2.16. The van der Waals surface area contributed by atoms with Crippen molar-refractivity contribution in [3.05, 3.63) is 70.0 Å². The first kappa shape index (κ1) is 17.7. The van der Waals surface area contributed by atoms with E-state index in [4.69, 9.17) is 0 Å². The molecule has 0 spiro atoms. The van der Waals surface area contributed by atoms with E-state index in [1.807, 2.05) is 0 Å². The van der Waals surface area contributed by atoms with Gasteiger partial charge in [0.05, 0.1) is 4.92 Å². The van der Waals surface area contributed by atoms with Gasteiger partial charge in [-0.15, -0.1) is 0 Å². The number of hydrogen-bond acceptors (Lipinski definition) is 4. The molecule has 0 amide bonds. The van der Waals surface area contributed by atoms with Crippen molar-refractivity contribution < 1.29 is 32.0 Å². The molecule has 1 aromatic heterocycles. The summed E-state index contributed by atoms with van der Waals surface area (Å²) in [6, 6.07) is 4.90. The molecule has 2 rings (SSSR count). The van der Waals surface area contributed by atoms with Crippen LogP contribution in [0.25, 0.3) is 0 Å². The predicted octanol–water partition coefficient (Wildman–Crippen LogP) is 3.42. The maximum atomic E-state index is 14.1. The van der Waals surface area contributed by atoms with Crippen molar-refractivity contribution in [3.8, 4) is 0 Å². The molecule has 0 aliphatic carbocycles. The Kier molecular flexibility index (Phi) is 4.27. The van der Waals surface area contributed by atoms with Gasteiger partial charge in [-0.2, -0.15) is 22.0 Å². The summed E-state index contributed by atoms with van der Waals surface area (Å²) in [5.74, 6) is -5.63. The quantitative estimate of drug-likeness (QED) is 0.522. The summed E-state index contributed by atoms with van der Waals surface area (Å²) in [6.07, 6.45) is -4.36. The fraction of sp³-hybridized carbons (Fsp3) is 0.214. The number of aliphatic hydroxyl groups is 1. The normalized spacial score (nSPS) is 14.9. The Hall–Kier alpha value is -2.62. The molecule has 10 heteroatoms. The molecule has 1 N–H and O–H groups in total. The van der Waals surface area contributed by atoms with Gasteiger partial charge in [0.2, 0.25) is 0 Å². The first-order valence-electron chi connectivity index (χ1n) is 6.34. The van der Waals surface area contributed by atoms with Gasteiger partial charge in [0.15, 0.2) is 5.60 Å². The number of benzene rings is 1. The van der Waals surface area contributed by atoms with E-state index < -0.39 is 39.4 Å². The van der Waals surface area contributed by atoms with E-state index in [1.54, 1.807) is 0 Å². The lowest BCUT2D eigenvalue weighted by atomic mass is 9.81. The van der Waals surface area contributed by atoms with Crippen molar-refractivity contribution in [1.82, 2.24) is 4.98 Å². The number of non-ortho nitro benzene ring substituents is 1. The molecule has 1 unspecified atom stereocenters. The van der Waals surface area contributed by atoms with Crippen molar-refractivity contribution in [2.75, 3.05) is 0 Å². The van der Waals surface area contributed by atoms with E-state index in [0.717, 1.165) is 36.5 Å². The highest BCUT2D eigenvalue weighted by molar-refractivity contribution is 5.44. The molecule has 0 aliphatic heterocycles. The molecule has 0 saturated carbocycles. The number of nitrogens with zero attached hydrogens (tertiary/aromatic N) is 2. The van der Waals surface area contributed by atoms with Crippen molar-refractivity contribution in [3.63, 3.8) is 0 Å². The Morgan fingerprint density at radius 1 is 1.04 bits per heavy atom. The zero-order valence-corrected chi connectivity index (χ0v) is 11.7. The van der Waals surface area contributed by atoms with Gasteiger partial charge in [-0.25, -0.2) is 0 Å². The second-order valence-corrected chi connectivity index (χ2v) is 4.83. The summed E-state index contributed by atoms with van der Waals surface area (Å²) in [6.45, 7) is 0. The Labute approximate surface area is 131 Å². The summed E-state index contributed by atoms with van der Waals surface area (Å²) in [7, 11) is 0. The van der Waals surface area contributed by atoms with E-state index in [9.17, 15) is 37.2 Å². The highest BCUT2D eigenvalue weighted by Crippen LogP contribution is 2.51. The van der Waals surface area contributed by atoms with Gasteiger partial charge in [0.1, 0.15) is 0 Å². The van der Waals surface area contributed by atoms with E-state index >= 15 is 0 Å². The Morgan fingerprint density at radius 2 is 1.67 bits per heavy atom. The third-order valence-corrected chi connectivity index (χ3v) is 3.36. The molecule has 0 saturated heterocycles. The average Bonchev–Trinajstić information content (AvgIpc) is 2.53. The van der Waals surface area contributed by atoms with Crippen LogP contribution >= 0.6 is 0 Å². The van der Waals surface area contributed by atoms with E-state index in [1.165, 1.54) is 0 Å². The highest BCUT2D eigenvalue weighted by Gasteiger charge is 2.71. The number of pyridine rings is 1. The standard InChI is InChI=1S/C14H9F5N2O3/c15-13(16,14(17,18)19)12(22,10-4-2-6-20-8-10)9-3-1-5-11(7-9)21(23)24/h1-8,22H. The van der Waals surface area contributed by atoms with Crippen molar-refractivity contribution in [1.29, 1.82) is 0 Å². The maximum absolute atomic E-state index is 14.1. The first-order valence-corrected chi connectivity index (χ1v) is 6.34. The lowest BCUT2D eigenvalue weighted by molar-refractivity contribution is -0.385. The van der Waals surface area contributed by atoms with Gasteiger partial charge < -0.3 is 5.11 Å². The largest absolute Gasteiger partial charge is 0.457 e. The summed E-state index contributed by atoms with van der Waals surface area (Å²) >= 11 is 0. The van der Waals surface area contributed by atoms with Crippen molar-refractivity contribution in [2.24, 2.45) is 0 Å². The number of nitro groups is 1. The van der Waals surface area contributed by atoms with Crippen LogP contribution in [0.3, 0.4) is 0 Å². The molecule has 5 nitrogen and oxygen atoms in total. The van der Waals surface area contributed by atoms with Crippen LogP contribution in [0.15, 0.2) is 48.8 Å². The second kappa shape index (κ2) is 5.78. The van der Waals surface area contributed by atoms with Crippen LogP contribution in [0.2, 0.25) is 0 Å². The number of nitro benzene ring substituents is 1. The third kappa shape index (κ3) is 2.68. The van der Waals surface area contributed by atoms with Crippen LogP contribution in [0.5, 0.6) is 0 Å². The molecule has 0 bridgehead atoms. The predicted molar refractivity (Wildman–Crippen MR) is 71.3 cm³/mol. The lowest BCUT2D eigenvalue weighted by Crippen LogP contribution is -2.55. The number of hydrogen-bond donors (Lipinski definition) is 1. The minimum absolute atomic E-state index is 0.465. The molecule has 1 atom stereocenters. The number of alkyl halides is 5. The van der Waals surface area contributed by atoms with Crippen molar-refractivity contribution >= 4 is 5.69 Å². The van der Waals surface area contributed by atoms with Gasteiger partial charge in [0, 0.05) is 35.7 Å². The lowest BCUT2D eigenvalue weighted by Gasteiger charge is -2.37. The molecule has 128 valence electrons. The summed E-state index contributed by atoms with van der Waals surface area (Å²) in [5.41, 5.74) is -6.46. The molecule has 0 fully saturated rings. The van der Waals surface area contributed by atoms with Crippen LogP contribution in [-0.2, 0) is 5.60 Å². The third-order valence-electron chi connectivity index (χ3n) is 3.36. The van der Waals surface area contributed by atoms with E-state index in [2.05, 4.69) is 4.98 Å². The molecular formula is C14H9F5N2O3. The Morgan fingerprint density at radius 3 is 2.17 bits per heavy atom. The molecule has 1 aromatic carbocycles. The molecule has 0 radical (unpaired) electrons. The summed E-state index contributed by atoms with van der Waals surface area (Å²) in [5, 5.41) is 21.2. The summed E-state index contributed by atoms with van der Waals surface area (Å²) < 4.78 is 66.9. The SMILES string of the molecule is O=[N+]([O-])c1cccc(C(O)(c2cccnc2)C(F)(F)C(F)(F)F)c1. The van der Waals surface area contributed by atoms with Gasteiger partial charge in [0.25, 0.3) is 5.69 Å². The van der Waals surface area contributed by atoms with Crippen LogP contribution in [-0.4, -0.2) is 27.1 Å².